The van der Waals surface area contributed by atoms with Gasteiger partial charge in [0.1, 0.15) is 5.75 Å². The second kappa shape index (κ2) is 8.72. The van der Waals surface area contributed by atoms with Crippen LogP contribution in [0.4, 0.5) is 4.79 Å². The number of ether oxygens (including phenoxy) is 1. The number of likely N-dealkylation sites (tertiary alicyclic amines) is 1. The average Bonchev–Trinajstić information content (AvgIpc) is 2.66. The fourth-order valence-corrected chi connectivity index (χ4v) is 3.42. The predicted octanol–water partition coefficient (Wildman–Crippen LogP) is 3.53. The number of aryl methyl sites for hydroxylation is 1. The Labute approximate surface area is 153 Å². The Bertz CT molecular complexity index is 702. The minimum Gasteiger partial charge on any atom is -0.494 e. The molecule has 0 saturated carbocycles. The Balaban J connectivity index is 1.47. The topological polar surface area (TPSA) is 70.0 Å². The van der Waals surface area contributed by atoms with Crippen molar-refractivity contribution in [3.8, 4) is 5.75 Å². The quantitative estimate of drug-likeness (QED) is 0.778. The van der Waals surface area contributed by atoms with Gasteiger partial charge in [-0.25, -0.2) is 4.79 Å². The van der Waals surface area contributed by atoms with Gasteiger partial charge in [0.25, 0.3) is 0 Å². The van der Waals surface area contributed by atoms with E-state index in [-0.39, 0.29) is 12.5 Å². The SMILES string of the molecule is O=C(O)N1CCC(c2ccc(OCCCc3ccccc3)cc2)C(O)C1. The average molecular weight is 355 g/mol. The summed E-state index contributed by atoms with van der Waals surface area (Å²) >= 11 is 0. The first-order valence-corrected chi connectivity index (χ1v) is 9.06. The Morgan fingerprint density at radius 1 is 1.12 bits per heavy atom. The van der Waals surface area contributed by atoms with E-state index >= 15 is 0 Å². The molecule has 2 unspecified atom stereocenters. The number of carboxylic acid groups (broad SMARTS) is 1. The predicted molar refractivity (Wildman–Crippen MR) is 99.7 cm³/mol. The summed E-state index contributed by atoms with van der Waals surface area (Å²) in [5.41, 5.74) is 2.34. The molecule has 2 aromatic carbocycles. The van der Waals surface area contributed by atoms with Crippen molar-refractivity contribution in [2.75, 3.05) is 19.7 Å². The minimum absolute atomic E-state index is 0.0299. The van der Waals surface area contributed by atoms with Gasteiger partial charge >= 0.3 is 6.09 Å². The zero-order valence-electron chi connectivity index (χ0n) is 14.8. The highest BCUT2D eigenvalue weighted by Gasteiger charge is 2.30. The Kier molecular flexibility index (Phi) is 6.12. The molecule has 2 N–H and O–H groups in total. The molecule has 138 valence electrons. The van der Waals surface area contributed by atoms with Crippen molar-refractivity contribution in [3.05, 3.63) is 65.7 Å². The van der Waals surface area contributed by atoms with Crippen LogP contribution >= 0.6 is 0 Å². The van der Waals surface area contributed by atoms with Crippen molar-refractivity contribution in [2.45, 2.75) is 31.3 Å². The van der Waals surface area contributed by atoms with Gasteiger partial charge in [0, 0.05) is 12.5 Å². The zero-order chi connectivity index (χ0) is 18.4. The summed E-state index contributed by atoms with van der Waals surface area (Å²) in [6.45, 7) is 1.28. The summed E-state index contributed by atoms with van der Waals surface area (Å²) in [4.78, 5) is 12.3. The zero-order valence-corrected chi connectivity index (χ0v) is 14.8. The second-order valence-electron chi connectivity index (χ2n) is 6.70. The molecule has 2 atom stereocenters. The van der Waals surface area contributed by atoms with Crippen molar-refractivity contribution in [1.29, 1.82) is 0 Å². The lowest BCUT2D eigenvalue weighted by Crippen LogP contribution is -2.45. The van der Waals surface area contributed by atoms with Gasteiger partial charge in [-0.3, -0.25) is 0 Å². The maximum absolute atomic E-state index is 11.0. The molecule has 1 aliphatic rings. The highest BCUT2D eigenvalue weighted by molar-refractivity contribution is 5.65. The molecule has 5 heteroatoms. The normalized spacial score (nSPS) is 20.0. The molecule has 0 spiro atoms. The maximum atomic E-state index is 11.0. The minimum atomic E-state index is -0.971. The third-order valence-corrected chi connectivity index (χ3v) is 4.88. The van der Waals surface area contributed by atoms with Crippen LogP contribution < -0.4 is 4.74 Å². The van der Waals surface area contributed by atoms with E-state index in [2.05, 4.69) is 12.1 Å². The Morgan fingerprint density at radius 3 is 2.50 bits per heavy atom. The van der Waals surface area contributed by atoms with Crippen LogP contribution in [0.2, 0.25) is 0 Å². The van der Waals surface area contributed by atoms with Crippen molar-refractivity contribution < 1.29 is 19.7 Å². The first-order valence-electron chi connectivity index (χ1n) is 9.06. The summed E-state index contributed by atoms with van der Waals surface area (Å²) in [6.07, 6.45) is 0.940. The van der Waals surface area contributed by atoms with Crippen LogP contribution in [0.15, 0.2) is 54.6 Å². The van der Waals surface area contributed by atoms with Crippen molar-refractivity contribution >= 4 is 6.09 Å². The molecule has 2 aromatic rings. The molecule has 1 heterocycles. The number of hydrogen-bond donors (Lipinski definition) is 2. The first kappa shape index (κ1) is 18.3. The van der Waals surface area contributed by atoms with E-state index in [0.29, 0.717) is 19.6 Å². The summed E-state index contributed by atoms with van der Waals surface area (Å²) in [7, 11) is 0. The van der Waals surface area contributed by atoms with Gasteiger partial charge in [-0.15, -0.1) is 0 Å². The van der Waals surface area contributed by atoms with Gasteiger partial charge < -0.3 is 19.8 Å². The molecule has 1 amide bonds. The molecule has 26 heavy (non-hydrogen) atoms. The van der Waals surface area contributed by atoms with Crippen LogP contribution in [-0.2, 0) is 6.42 Å². The fourth-order valence-electron chi connectivity index (χ4n) is 3.42. The summed E-state index contributed by atoms with van der Waals surface area (Å²) in [6, 6.07) is 18.1. The van der Waals surface area contributed by atoms with E-state index in [9.17, 15) is 9.90 Å². The van der Waals surface area contributed by atoms with Gasteiger partial charge in [0.15, 0.2) is 0 Å². The third-order valence-electron chi connectivity index (χ3n) is 4.88. The van der Waals surface area contributed by atoms with E-state index < -0.39 is 12.2 Å². The number of aliphatic hydroxyl groups excluding tert-OH is 1. The van der Waals surface area contributed by atoms with Gasteiger partial charge in [0.05, 0.1) is 19.3 Å². The number of β-amino-alcohol motifs (C(OH)–C–C–N with tert-alkyl or cyclic N) is 1. The van der Waals surface area contributed by atoms with E-state index in [1.54, 1.807) is 0 Å². The summed E-state index contributed by atoms with van der Waals surface area (Å²) < 4.78 is 5.80. The molecule has 0 bridgehead atoms. The van der Waals surface area contributed by atoms with Crippen LogP contribution in [-0.4, -0.2) is 47.0 Å². The molecule has 3 rings (SSSR count). The molecule has 0 aliphatic carbocycles. The second-order valence-corrected chi connectivity index (χ2v) is 6.70. The Hall–Kier alpha value is -2.53. The number of benzene rings is 2. The molecular formula is C21H25NO4. The van der Waals surface area contributed by atoms with Crippen molar-refractivity contribution in [1.82, 2.24) is 4.90 Å². The molecule has 1 fully saturated rings. The standard InChI is InChI=1S/C21H25NO4/c23-20-15-22(21(24)25)13-12-19(20)17-8-10-18(11-9-17)26-14-4-7-16-5-2-1-3-6-16/h1-3,5-6,8-11,19-20,23H,4,7,12-15H2,(H,24,25). The van der Waals surface area contributed by atoms with Gasteiger partial charge in [-0.2, -0.15) is 0 Å². The highest BCUT2D eigenvalue weighted by Crippen LogP contribution is 2.29. The van der Waals surface area contributed by atoms with Crippen molar-refractivity contribution in [2.24, 2.45) is 0 Å². The largest absolute Gasteiger partial charge is 0.494 e. The number of piperidine rings is 1. The number of aliphatic hydroxyl groups is 1. The molecule has 1 aliphatic heterocycles. The van der Waals surface area contributed by atoms with E-state index in [1.165, 1.54) is 10.5 Å². The van der Waals surface area contributed by atoms with E-state index in [4.69, 9.17) is 9.84 Å². The fraction of sp³-hybridized carbons (Fsp3) is 0.381. The number of amides is 1. The van der Waals surface area contributed by atoms with Gasteiger partial charge in [-0.05, 0) is 42.5 Å². The van der Waals surface area contributed by atoms with Crippen LogP contribution in [0.25, 0.3) is 0 Å². The number of hydrogen-bond acceptors (Lipinski definition) is 3. The molecular weight excluding hydrogens is 330 g/mol. The third kappa shape index (κ3) is 4.76. The lowest BCUT2D eigenvalue weighted by Gasteiger charge is -2.34. The van der Waals surface area contributed by atoms with E-state index in [1.807, 2.05) is 42.5 Å². The number of rotatable bonds is 6. The Morgan fingerprint density at radius 2 is 1.85 bits per heavy atom. The monoisotopic (exact) mass is 355 g/mol. The van der Waals surface area contributed by atoms with E-state index in [0.717, 1.165) is 24.2 Å². The lowest BCUT2D eigenvalue weighted by atomic mass is 9.87. The van der Waals surface area contributed by atoms with Gasteiger partial charge in [0.2, 0.25) is 0 Å². The van der Waals surface area contributed by atoms with Crippen LogP contribution in [0.3, 0.4) is 0 Å². The molecule has 1 saturated heterocycles. The van der Waals surface area contributed by atoms with Crippen molar-refractivity contribution in [3.63, 3.8) is 0 Å². The highest BCUT2D eigenvalue weighted by atomic mass is 16.5. The molecule has 0 radical (unpaired) electrons. The lowest BCUT2D eigenvalue weighted by molar-refractivity contribution is 0.0504. The number of carbonyl (C=O) groups is 1. The van der Waals surface area contributed by atoms with Gasteiger partial charge in [-0.1, -0.05) is 42.5 Å². The summed E-state index contributed by atoms with van der Waals surface area (Å²) in [5.74, 6) is 0.789. The van der Waals surface area contributed by atoms with Crippen LogP contribution in [0.5, 0.6) is 5.75 Å². The molecule has 0 aromatic heterocycles. The van der Waals surface area contributed by atoms with Crippen LogP contribution in [0.1, 0.15) is 29.9 Å². The smallest absolute Gasteiger partial charge is 0.407 e. The first-order chi connectivity index (χ1) is 12.6. The van der Waals surface area contributed by atoms with Crippen LogP contribution in [0, 0.1) is 0 Å². The maximum Gasteiger partial charge on any atom is 0.407 e. The molecule has 5 nitrogen and oxygen atoms in total. The summed E-state index contributed by atoms with van der Waals surface area (Å²) in [5, 5.41) is 19.3. The number of nitrogens with zero attached hydrogens (tertiary/aromatic N) is 1.